The summed E-state index contributed by atoms with van der Waals surface area (Å²) in [6, 6.07) is 40.3. The molecule has 22 heteroatoms. The normalized spacial score (nSPS) is 15.2. The number of carbonyl (C=O) groups is 1. The van der Waals surface area contributed by atoms with Gasteiger partial charge in [0.25, 0.3) is 0 Å². The molecular weight excluding hydrogens is 1200 g/mol. The third-order valence-electron chi connectivity index (χ3n) is 16.3. The summed E-state index contributed by atoms with van der Waals surface area (Å²) in [6.45, 7) is 6.72. The maximum absolute atomic E-state index is 10.9. The van der Waals surface area contributed by atoms with Crippen molar-refractivity contribution >= 4 is 6.29 Å². The number of hydrogen-bond donors (Lipinski definition) is 1. The molecule has 4 aliphatic rings. The number of aromatic nitrogens is 9. The topological polar surface area (TPSA) is 293 Å². The molecule has 10 heterocycles. The van der Waals surface area contributed by atoms with Crippen LogP contribution in [0.1, 0.15) is 111 Å². The van der Waals surface area contributed by atoms with E-state index in [2.05, 4.69) is 69.0 Å². The average Bonchev–Trinajstić information content (AvgIpc) is 1.06. The van der Waals surface area contributed by atoms with Crippen molar-refractivity contribution in [2.45, 2.75) is 95.4 Å². The van der Waals surface area contributed by atoms with Crippen LogP contribution in [0.2, 0.25) is 0 Å². The van der Waals surface area contributed by atoms with E-state index in [1.165, 1.54) is 0 Å². The fourth-order valence-electron chi connectivity index (χ4n) is 11.2. The van der Waals surface area contributed by atoms with Crippen LogP contribution in [0.25, 0.3) is 33.8 Å². The number of aliphatic hydroxyl groups excluding tert-OH is 1. The molecule has 0 saturated carbocycles. The molecular formula is C73H71N13O9. The number of hydrogen-bond acceptors (Lipinski definition) is 22. The number of aldehydes is 1. The first-order chi connectivity index (χ1) is 46.7. The van der Waals surface area contributed by atoms with Gasteiger partial charge in [-0.25, -0.2) is 29.9 Å². The van der Waals surface area contributed by atoms with Crippen LogP contribution in [-0.2, 0) is 51.4 Å². The zero-order valence-electron chi connectivity index (χ0n) is 52.7. The Morgan fingerprint density at radius 1 is 0.474 bits per heavy atom. The number of nitriles is 3. The lowest BCUT2D eigenvalue weighted by Crippen LogP contribution is -2.51. The summed E-state index contributed by atoms with van der Waals surface area (Å²) in [6.07, 6.45) is 18.2. The molecule has 22 nitrogen and oxygen atoms in total. The van der Waals surface area contributed by atoms with Gasteiger partial charge in [0, 0.05) is 138 Å². The number of benzene rings is 3. The summed E-state index contributed by atoms with van der Waals surface area (Å²) in [5, 5.41) is 38.2. The first-order valence-corrected chi connectivity index (χ1v) is 31.7. The van der Waals surface area contributed by atoms with Gasteiger partial charge in [-0.05, 0) is 126 Å². The number of nitrogens with zero attached hydrogens (tertiary/aromatic N) is 13. The van der Waals surface area contributed by atoms with Gasteiger partial charge in [-0.15, -0.1) is 0 Å². The Hall–Kier alpha value is -10.4. The lowest BCUT2D eigenvalue weighted by molar-refractivity contribution is -0.0339. The van der Waals surface area contributed by atoms with Gasteiger partial charge in [-0.2, -0.15) is 15.8 Å². The van der Waals surface area contributed by atoms with Gasteiger partial charge >= 0.3 is 0 Å². The van der Waals surface area contributed by atoms with Crippen molar-refractivity contribution in [3.63, 3.8) is 0 Å². The van der Waals surface area contributed by atoms with Gasteiger partial charge < -0.3 is 38.3 Å². The Bertz CT molecular complexity index is 4190. The molecule has 6 aromatic heterocycles. The van der Waals surface area contributed by atoms with Gasteiger partial charge in [0.2, 0.25) is 0 Å². The van der Waals surface area contributed by atoms with Crippen molar-refractivity contribution in [3.8, 4) is 69.2 Å². The fourth-order valence-corrected chi connectivity index (χ4v) is 11.2. The summed E-state index contributed by atoms with van der Waals surface area (Å²) < 4.78 is 39.6. The predicted molar refractivity (Wildman–Crippen MR) is 348 cm³/mol. The van der Waals surface area contributed by atoms with E-state index in [0.717, 1.165) is 120 Å². The molecule has 3 aromatic carbocycles. The van der Waals surface area contributed by atoms with E-state index in [9.17, 15) is 25.7 Å². The Morgan fingerprint density at radius 3 is 1.22 bits per heavy atom. The molecule has 0 bridgehead atoms. The molecule has 4 saturated heterocycles. The third-order valence-corrected chi connectivity index (χ3v) is 16.3. The molecule has 4 aliphatic heterocycles. The fraction of sp³-hybridized carbons (Fsp3) is 0.329. The minimum Gasteiger partial charge on any atom is -0.489 e. The number of pyridine rings is 3. The van der Waals surface area contributed by atoms with Crippen molar-refractivity contribution in [2.24, 2.45) is 0 Å². The average molecular weight is 1270 g/mol. The third kappa shape index (κ3) is 18.7. The summed E-state index contributed by atoms with van der Waals surface area (Å²) >= 11 is 0. The molecule has 0 unspecified atom stereocenters. The van der Waals surface area contributed by atoms with Gasteiger partial charge in [0.15, 0.2) is 6.29 Å². The molecule has 13 rings (SSSR count). The van der Waals surface area contributed by atoms with E-state index >= 15 is 0 Å². The summed E-state index contributed by atoms with van der Waals surface area (Å²) in [5.74, 6) is 3.79. The Kier molecular flexibility index (Phi) is 23.3. The van der Waals surface area contributed by atoms with E-state index in [1.807, 2.05) is 91.1 Å². The van der Waals surface area contributed by atoms with E-state index in [0.29, 0.717) is 128 Å². The molecule has 95 heavy (non-hydrogen) atoms. The molecule has 0 amide bonds. The summed E-state index contributed by atoms with van der Waals surface area (Å²) in [4.78, 5) is 53.1. The van der Waals surface area contributed by atoms with E-state index in [1.54, 1.807) is 56.3 Å². The van der Waals surface area contributed by atoms with E-state index in [-0.39, 0.29) is 24.9 Å². The quantitative estimate of drug-likeness (QED) is 0.0694. The molecule has 4 fully saturated rings. The predicted octanol–water partition coefficient (Wildman–Crippen LogP) is 9.81. The van der Waals surface area contributed by atoms with Crippen molar-refractivity contribution in [2.75, 3.05) is 59.8 Å². The van der Waals surface area contributed by atoms with Crippen LogP contribution in [0.5, 0.6) is 17.2 Å². The second-order valence-corrected chi connectivity index (χ2v) is 23.1. The number of aliphatic hydroxyl groups is 1. The lowest BCUT2D eigenvalue weighted by atomic mass is 10.1. The van der Waals surface area contributed by atoms with E-state index < -0.39 is 0 Å². The number of rotatable bonds is 20. The van der Waals surface area contributed by atoms with Gasteiger partial charge in [-0.1, -0.05) is 0 Å². The number of carbonyl (C=O) groups excluding carboxylic acids is 1. The highest BCUT2D eigenvalue weighted by Gasteiger charge is 2.27. The van der Waals surface area contributed by atoms with Crippen LogP contribution in [0.15, 0.2) is 146 Å². The highest BCUT2D eigenvalue weighted by Crippen LogP contribution is 2.32. The van der Waals surface area contributed by atoms with Gasteiger partial charge in [0.05, 0.1) is 97.5 Å². The van der Waals surface area contributed by atoms with Crippen LogP contribution in [0.3, 0.4) is 0 Å². The van der Waals surface area contributed by atoms with E-state index in [4.69, 9.17) is 38.1 Å². The minimum atomic E-state index is -0.103. The highest BCUT2D eigenvalue weighted by atomic mass is 16.5. The Labute approximate surface area is 551 Å². The monoisotopic (exact) mass is 1270 g/mol. The molecule has 0 radical (unpaired) electrons. The summed E-state index contributed by atoms with van der Waals surface area (Å²) in [5.41, 5.74) is 11.3. The minimum absolute atomic E-state index is 0.0685. The smallest absolute Gasteiger partial charge is 0.168 e. The van der Waals surface area contributed by atoms with Crippen molar-refractivity contribution in [1.82, 2.24) is 49.8 Å². The molecule has 1 N–H and O–H groups in total. The van der Waals surface area contributed by atoms with Crippen LogP contribution in [0, 0.1) is 34.0 Å². The maximum Gasteiger partial charge on any atom is 0.168 e. The molecule has 0 spiro atoms. The first-order valence-electron chi connectivity index (χ1n) is 31.7. The van der Waals surface area contributed by atoms with Gasteiger partial charge in [-0.3, -0.25) is 24.6 Å². The molecule has 0 atom stereocenters. The zero-order chi connectivity index (χ0) is 65.6. The van der Waals surface area contributed by atoms with Gasteiger partial charge in [0.1, 0.15) is 76.9 Å². The van der Waals surface area contributed by atoms with Crippen molar-refractivity contribution in [1.29, 1.82) is 15.8 Å². The van der Waals surface area contributed by atoms with Crippen molar-refractivity contribution < 1.29 is 43.1 Å². The molecule has 0 aliphatic carbocycles. The highest BCUT2D eigenvalue weighted by molar-refractivity contribution is 5.72. The Balaban J connectivity index is 0.000000146. The number of methoxy groups -OCH3 is 1. The maximum atomic E-state index is 10.9. The summed E-state index contributed by atoms with van der Waals surface area (Å²) in [7, 11) is 1.76. The standard InChI is InChI=1S/C27H29N5O3.C23H22N4O3.C23H20N4O3/c1-33-24-17-32(18-24)16-22-12-19(4-8-29-22)13-27-30-9-5-25(31-27)20-2-3-26(21(14-20)15-28)35-23-6-10-34-11-7-23;2*24-14-18-13-17(1-2-22(18)30-20-5-9-29-10-6-20)21-4-8-26-23(27-21)12-16-3-7-25-19(11-16)15-28/h2-5,8-9,12,14,23-24H,6-7,10-11,13,16-18H2,1H3;1-4,7-8,11,13,20,28H,5-6,9-10,12,15H2;1-4,7-8,11,13,15,20H,5-6,9-10,12H2. The second-order valence-electron chi connectivity index (χ2n) is 23.1. The molecule has 9 aromatic rings. The lowest BCUT2D eigenvalue weighted by Gasteiger charge is -2.37. The second kappa shape index (κ2) is 33.5. The first kappa shape index (κ1) is 66.1. The van der Waals surface area contributed by atoms with Crippen LogP contribution in [0.4, 0.5) is 0 Å². The number of likely N-dealkylation sites (tertiary alicyclic amines) is 1. The largest absolute Gasteiger partial charge is 0.489 e. The zero-order valence-corrected chi connectivity index (χ0v) is 52.7. The van der Waals surface area contributed by atoms with Crippen LogP contribution < -0.4 is 14.2 Å². The van der Waals surface area contributed by atoms with Crippen LogP contribution >= 0.6 is 0 Å². The number of ether oxygens (including phenoxy) is 7. The molecule has 482 valence electrons. The van der Waals surface area contributed by atoms with Crippen LogP contribution in [-0.4, -0.2) is 145 Å². The Morgan fingerprint density at radius 2 is 0.842 bits per heavy atom. The van der Waals surface area contributed by atoms with Crippen molar-refractivity contribution in [3.05, 3.63) is 214 Å². The SMILES string of the molecule is COC1CN(Cc2cc(Cc3nccc(-c4ccc(OC5CCOCC5)c(C#N)c4)n3)ccn2)C1.N#Cc1cc(-c2ccnc(Cc3ccnc(C=O)c3)n2)ccc1OC1CCOCC1.N#Cc1cc(-c2ccnc(Cc3ccnc(CO)c3)n2)ccc1OC1CCOCC1.